The van der Waals surface area contributed by atoms with Gasteiger partial charge < -0.3 is 4.74 Å². The van der Waals surface area contributed by atoms with Crippen LogP contribution in [0.15, 0.2) is 42.5 Å². The molecule has 2 nitrogen and oxygen atoms in total. The summed E-state index contributed by atoms with van der Waals surface area (Å²) in [6.45, 7) is -1.26. The summed E-state index contributed by atoms with van der Waals surface area (Å²) in [5.41, 5.74) is -0.433. The van der Waals surface area contributed by atoms with Gasteiger partial charge in [-0.15, -0.1) is 0 Å². The average Bonchev–Trinajstić information content (AvgIpc) is 2.39. The Morgan fingerprint density at radius 1 is 1.05 bits per heavy atom. The summed E-state index contributed by atoms with van der Waals surface area (Å²) in [6.07, 6.45) is 0. The summed E-state index contributed by atoms with van der Waals surface area (Å²) in [5.74, 6) is -3.22. The molecule has 0 N–H and O–H groups in total. The minimum absolute atomic E-state index is 0.248. The Balaban J connectivity index is 2.23. The molecule has 0 atom stereocenters. The lowest BCUT2D eigenvalue weighted by Gasteiger charge is -2.06. The maximum absolute atomic E-state index is 13.3. The lowest BCUT2D eigenvalue weighted by molar-refractivity contribution is 0.0734. The zero-order valence-electron chi connectivity index (χ0n) is 9.70. The molecule has 0 radical (unpaired) electrons. The summed E-state index contributed by atoms with van der Waals surface area (Å²) < 4.78 is 43.7. The molecule has 0 heterocycles. The third-order valence-electron chi connectivity index (χ3n) is 2.47. The SMILES string of the molecule is O=C(Oc1cc(F)c(CF)c(F)c1)c1ccccc1. The molecular formula is C14H9F3O2. The summed E-state index contributed by atoms with van der Waals surface area (Å²) in [6, 6.07) is 9.54. The number of alkyl halides is 1. The molecule has 5 heteroatoms. The van der Waals surface area contributed by atoms with Gasteiger partial charge in [0.15, 0.2) is 0 Å². The van der Waals surface area contributed by atoms with Gasteiger partial charge in [0.2, 0.25) is 0 Å². The topological polar surface area (TPSA) is 26.3 Å². The van der Waals surface area contributed by atoms with Crippen LogP contribution in [0.1, 0.15) is 15.9 Å². The van der Waals surface area contributed by atoms with Gasteiger partial charge in [-0.1, -0.05) is 18.2 Å². The van der Waals surface area contributed by atoms with Crippen molar-refractivity contribution in [2.24, 2.45) is 0 Å². The summed E-state index contributed by atoms with van der Waals surface area (Å²) in [4.78, 5) is 11.6. The lowest BCUT2D eigenvalue weighted by atomic mass is 10.2. The Morgan fingerprint density at radius 2 is 1.63 bits per heavy atom. The molecule has 0 aliphatic rings. The molecule has 0 aliphatic carbocycles. The number of rotatable bonds is 3. The van der Waals surface area contributed by atoms with E-state index in [1.165, 1.54) is 12.1 Å². The van der Waals surface area contributed by atoms with E-state index < -0.39 is 29.8 Å². The van der Waals surface area contributed by atoms with Crippen molar-refractivity contribution in [3.63, 3.8) is 0 Å². The molecule has 98 valence electrons. The number of ether oxygens (including phenoxy) is 1. The van der Waals surface area contributed by atoms with E-state index in [-0.39, 0.29) is 11.3 Å². The van der Waals surface area contributed by atoms with Crippen molar-refractivity contribution in [3.05, 3.63) is 65.2 Å². The van der Waals surface area contributed by atoms with Gasteiger partial charge in [0.25, 0.3) is 0 Å². The van der Waals surface area contributed by atoms with Gasteiger partial charge in [-0.3, -0.25) is 0 Å². The Kier molecular flexibility index (Phi) is 3.85. The number of hydrogen-bond donors (Lipinski definition) is 0. The molecule has 2 aromatic carbocycles. The number of benzene rings is 2. The van der Waals surface area contributed by atoms with E-state index in [0.717, 1.165) is 12.1 Å². The highest BCUT2D eigenvalue weighted by atomic mass is 19.1. The molecule has 0 fully saturated rings. The first kappa shape index (κ1) is 13.1. The van der Waals surface area contributed by atoms with Crippen molar-refractivity contribution >= 4 is 5.97 Å². The van der Waals surface area contributed by atoms with Gasteiger partial charge in [0, 0.05) is 12.1 Å². The standard InChI is InChI=1S/C14H9F3O2/c15-8-11-12(16)6-10(7-13(11)17)19-14(18)9-4-2-1-3-5-9/h1-7H,8H2. The second-order valence-electron chi connectivity index (χ2n) is 3.75. The smallest absolute Gasteiger partial charge is 0.343 e. The number of hydrogen-bond acceptors (Lipinski definition) is 2. The van der Waals surface area contributed by atoms with E-state index in [9.17, 15) is 18.0 Å². The van der Waals surface area contributed by atoms with Crippen molar-refractivity contribution in [1.82, 2.24) is 0 Å². The third-order valence-corrected chi connectivity index (χ3v) is 2.47. The molecule has 0 spiro atoms. The van der Waals surface area contributed by atoms with E-state index in [1.807, 2.05) is 0 Å². The van der Waals surface area contributed by atoms with Crippen molar-refractivity contribution in [2.45, 2.75) is 6.67 Å². The first-order valence-electron chi connectivity index (χ1n) is 5.43. The van der Waals surface area contributed by atoms with Gasteiger partial charge >= 0.3 is 5.97 Å². The monoisotopic (exact) mass is 266 g/mol. The normalized spacial score (nSPS) is 10.3. The van der Waals surface area contributed by atoms with Crippen LogP contribution >= 0.6 is 0 Å². The number of carbonyl (C=O) groups excluding carboxylic acids is 1. The molecule has 2 aromatic rings. The second-order valence-corrected chi connectivity index (χ2v) is 3.75. The van der Waals surface area contributed by atoms with Crippen molar-refractivity contribution in [1.29, 1.82) is 0 Å². The number of halogens is 3. The van der Waals surface area contributed by atoms with Crippen molar-refractivity contribution < 1.29 is 22.7 Å². The van der Waals surface area contributed by atoms with Gasteiger partial charge in [-0.05, 0) is 12.1 Å². The highest BCUT2D eigenvalue weighted by Gasteiger charge is 2.14. The highest BCUT2D eigenvalue weighted by Crippen LogP contribution is 2.22. The minimum Gasteiger partial charge on any atom is -0.423 e. The van der Waals surface area contributed by atoms with E-state index in [4.69, 9.17) is 4.74 Å². The van der Waals surface area contributed by atoms with Gasteiger partial charge in [-0.25, -0.2) is 18.0 Å². The van der Waals surface area contributed by atoms with Crippen molar-refractivity contribution in [3.8, 4) is 5.75 Å². The number of esters is 1. The molecule has 0 bridgehead atoms. The predicted octanol–water partition coefficient (Wildman–Crippen LogP) is 3.65. The zero-order valence-corrected chi connectivity index (χ0v) is 9.70. The number of carbonyl (C=O) groups is 1. The van der Waals surface area contributed by atoms with Crippen LogP contribution in [-0.4, -0.2) is 5.97 Å². The van der Waals surface area contributed by atoms with Crippen LogP contribution in [-0.2, 0) is 6.67 Å². The third kappa shape index (κ3) is 2.93. The molecule has 0 saturated heterocycles. The van der Waals surface area contributed by atoms with Crippen LogP contribution in [0, 0.1) is 11.6 Å². The van der Waals surface area contributed by atoms with E-state index in [0.29, 0.717) is 0 Å². The van der Waals surface area contributed by atoms with Crippen LogP contribution < -0.4 is 4.74 Å². The van der Waals surface area contributed by atoms with E-state index >= 15 is 0 Å². The van der Waals surface area contributed by atoms with Gasteiger partial charge in [0.1, 0.15) is 24.1 Å². The Morgan fingerprint density at radius 3 is 2.16 bits per heavy atom. The quantitative estimate of drug-likeness (QED) is 0.626. The lowest BCUT2D eigenvalue weighted by Crippen LogP contribution is -2.09. The van der Waals surface area contributed by atoms with Gasteiger partial charge in [-0.2, -0.15) is 0 Å². The summed E-state index contributed by atoms with van der Waals surface area (Å²) in [5, 5.41) is 0. The molecule has 0 aromatic heterocycles. The van der Waals surface area contributed by atoms with E-state index in [2.05, 4.69) is 0 Å². The summed E-state index contributed by atoms with van der Waals surface area (Å²) >= 11 is 0. The van der Waals surface area contributed by atoms with E-state index in [1.54, 1.807) is 18.2 Å². The molecular weight excluding hydrogens is 257 g/mol. The molecule has 0 amide bonds. The fraction of sp³-hybridized carbons (Fsp3) is 0.0714. The van der Waals surface area contributed by atoms with Crippen LogP contribution in [0.3, 0.4) is 0 Å². The molecule has 0 unspecified atom stereocenters. The van der Waals surface area contributed by atoms with Crippen LogP contribution in [0.4, 0.5) is 13.2 Å². The Hall–Kier alpha value is -2.30. The fourth-order valence-corrected chi connectivity index (χ4v) is 1.51. The first-order valence-corrected chi connectivity index (χ1v) is 5.43. The second kappa shape index (κ2) is 5.56. The fourth-order valence-electron chi connectivity index (χ4n) is 1.51. The Labute approximate surface area is 107 Å². The maximum atomic E-state index is 13.3. The first-order chi connectivity index (χ1) is 9.11. The summed E-state index contributed by atoms with van der Waals surface area (Å²) in [7, 11) is 0. The van der Waals surface area contributed by atoms with Crippen LogP contribution in [0.2, 0.25) is 0 Å². The maximum Gasteiger partial charge on any atom is 0.343 e. The molecule has 19 heavy (non-hydrogen) atoms. The van der Waals surface area contributed by atoms with Crippen LogP contribution in [0.25, 0.3) is 0 Å². The minimum atomic E-state index is -1.26. The van der Waals surface area contributed by atoms with Crippen molar-refractivity contribution in [2.75, 3.05) is 0 Å². The Bertz CT molecular complexity index is 574. The predicted molar refractivity (Wildman–Crippen MR) is 62.6 cm³/mol. The van der Waals surface area contributed by atoms with Gasteiger partial charge in [0.05, 0.1) is 11.1 Å². The van der Waals surface area contributed by atoms with Crippen LogP contribution in [0.5, 0.6) is 5.75 Å². The zero-order chi connectivity index (χ0) is 13.8. The largest absolute Gasteiger partial charge is 0.423 e. The highest BCUT2D eigenvalue weighted by molar-refractivity contribution is 5.90. The molecule has 0 saturated carbocycles. The molecule has 0 aliphatic heterocycles. The molecule has 2 rings (SSSR count). The average molecular weight is 266 g/mol.